The van der Waals surface area contributed by atoms with Gasteiger partial charge in [-0.05, 0) is 25.5 Å². The van der Waals surface area contributed by atoms with E-state index in [1.54, 1.807) is 24.1 Å². The van der Waals surface area contributed by atoms with Gasteiger partial charge in [0.05, 0.1) is 12.0 Å². The molecule has 1 amide bonds. The number of benzene rings is 2. The number of amides is 1. The van der Waals surface area contributed by atoms with Crippen molar-refractivity contribution in [1.29, 1.82) is 0 Å². The molecule has 2 aromatic carbocycles. The van der Waals surface area contributed by atoms with E-state index in [0.29, 0.717) is 36.2 Å². The zero-order chi connectivity index (χ0) is 21.5. The Hall–Kier alpha value is -3.15. The average Bonchev–Trinajstić information content (AvgIpc) is 2.76. The number of aryl methyl sites for hydroxylation is 1. The molecule has 0 aliphatic carbocycles. The normalized spacial score (nSPS) is 10.9. The number of fused-ring (bicyclic) bond motifs is 1. The molecule has 30 heavy (non-hydrogen) atoms. The van der Waals surface area contributed by atoms with E-state index in [-0.39, 0.29) is 11.5 Å². The lowest BCUT2D eigenvalue weighted by molar-refractivity contribution is 0.0777. The number of para-hydroxylation sites is 1. The molecule has 0 saturated carbocycles. The van der Waals surface area contributed by atoms with Gasteiger partial charge in [0.2, 0.25) is 0 Å². The third kappa shape index (κ3) is 4.70. The van der Waals surface area contributed by atoms with Crippen molar-refractivity contribution in [2.75, 3.05) is 13.7 Å². The highest BCUT2D eigenvalue weighted by molar-refractivity contribution is 6.04. The van der Waals surface area contributed by atoms with Gasteiger partial charge in [-0.1, -0.05) is 56.2 Å². The predicted molar refractivity (Wildman–Crippen MR) is 119 cm³/mol. The highest BCUT2D eigenvalue weighted by Crippen LogP contribution is 2.21. The Morgan fingerprint density at radius 3 is 2.47 bits per heavy atom. The van der Waals surface area contributed by atoms with Crippen molar-refractivity contribution in [2.24, 2.45) is 0 Å². The molecule has 158 valence electrons. The van der Waals surface area contributed by atoms with Gasteiger partial charge in [-0.2, -0.15) is 5.10 Å². The minimum atomic E-state index is -0.221. The minimum Gasteiger partial charge on any atom is -0.494 e. The number of unbranched alkanes of at least 4 members (excludes halogenated alkanes) is 2. The van der Waals surface area contributed by atoms with E-state index in [9.17, 15) is 9.59 Å². The summed E-state index contributed by atoms with van der Waals surface area (Å²) in [6, 6.07) is 14.9. The highest BCUT2D eigenvalue weighted by atomic mass is 16.5. The summed E-state index contributed by atoms with van der Waals surface area (Å²) in [5.41, 5.74) is 1.08. The summed E-state index contributed by atoms with van der Waals surface area (Å²) >= 11 is 0. The largest absolute Gasteiger partial charge is 0.494 e. The highest BCUT2D eigenvalue weighted by Gasteiger charge is 2.21. The number of nitrogens with zero attached hydrogens (tertiary/aromatic N) is 3. The Morgan fingerprint density at radius 2 is 1.73 bits per heavy atom. The lowest BCUT2D eigenvalue weighted by Crippen LogP contribution is -2.32. The zero-order valence-electron chi connectivity index (χ0n) is 17.9. The molecule has 0 aliphatic heterocycles. The van der Waals surface area contributed by atoms with Crippen molar-refractivity contribution in [3.8, 4) is 5.75 Å². The first-order valence-corrected chi connectivity index (χ1v) is 10.5. The van der Waals surface area contributed by atoms with Gasteiger partial charge in [0, 0.05) is 31.1 Å². The molecule has 0 spiro atoms. The molecule has 0 saturated heterocycles. The fraction of sp³-hybridized carbons (Fsp3) is 0.375. The van der Waals surface area contributed by atoms with E-state index in [2.05, 4.69) is 12.0 Å². The van der Waals surface area contributed by atoms with E-state index in [1.165, 1.54) is 4.68 Å². The summed E-state index contributed by atoms with van der Waals surface area (Å²) in [5.74, 6) is 0.545. The van der Waals surface area contributed by atoms with E-state index in [0.717, 1.165) is 30.6 Å². The number of aromatic nitrogens is 2. The molecular formula is C24H29N3O3. The molecule has 3 rings (SSSR count). The predicted octanol–water partition coefficient (Wildman–Crippen LogP) is 4.26. The van der Waals surface area contributed by atoms with Gasteiger partial charge in [-0.25, -0.2) is 4.68 Å². The van der Waals surface area contributed by atoms with Crippen LogP contribution in [0.25, 0.3) is 10.8 Å². The van der Waals surface area contributed by atoms with Crippen molar-refractivity contribution in [1.82, 2.24) is 14.7 Å². The maximum atomic E-state index is 13.3. The quantitative estimate of drug-likeness (QED) is 0.497. The molecule has 3 aromatic rings. The van der Waals surface area contributed by atoms with Gasteiger partial charge < -0.3 is 9.64 Å². The van der Waals surface area contributed by atoms with Crippen molar-refractivity contribution in [2.45, 2.75) is 46.2 Å². The third-order valence-electron chi connectivity index (χ3n) is 5.07. The molecule has 1 heterocycles. The summed E-state index contributed by atoms with van der Waals surface area (Å²) in [4.78, 5) is 27.8. The second-order valence-electron chi connectivity index (χ2n) is 7.33. The number of carbonyl (C=O) groups excluding carboxylic acids is 1. The number of carbonyl (C=O) groups is 1. The molecule has 0 bridgehead atoms. The third-order valence-corrected chi connectivity index (χ3v) is 5.07. The summed E-state index contributed by atoms with van der Waals surface area (Å²) in [5, 5.41) is 5.59. The van der Waals surface area contributed by atoms with E-state index >= 15 is 0 Å². The Kier molecular flexibility index (Phi) is 7.22. The van der Waals surface area contributed by atoms with Crippen molar-refractivity contribution in [3.05, 3.63) is 70.1 Å². The number of ether oxygens (including phenoxy) is 1. The van der Waals surface area contributed by atoms with Gasteiger partial charge in [0.25, 0.3) is 11.5 Å². The van der Waals surface area contributed by atoms with Crippen LogP contribution < -0.4 is 10.3 Å². The van der Waals surface area contributed by atoms with Gasteiger partial charge in [0.1, 0.15) is 5.75 Å². The molecule has 0 N–H and O–H groups in total. The van der Waals surface area contributed by atoms with Crippen LogP contribution in [-0.2, 0) is 13.1 Å². The second-order valence-corrected chi connectivity index (χ2v) is 7.33. The van der Waals surface area contributed by atoms with Crippen LogP contribution in [0.4, 0.5) is 0 Å². The standard InChI is InChI=1S/C24H29N3O3/c1-4-6-11-16-27-23(28)20-14-9-8-13-19(20)22(25-27)24(29)26(3)17-18-12-7-10-15-21(18)30-5-2/h7-10,12-15H,4-6,11,16-17H2,1-3H3. The number of hydrogen-bond acceptors (Lipinski definition) is 4. The molecule has 0 radical (unpaired) electrons. The Labute approximate surface area is 177 Å². The topological polar surface area (TPSA) is 64.4 Å². The lowest BCUT2D eigenvalue weighted by atomic mass is 10.1. The van der Waals surface area contributed by atoms with E-state index < -0.39 is 0 Å². The fourth-order valence-corrected chi connectivity index (χ4v) is 3.50. The smallest absolute Gasteiger partial charge is 0.274 e. The molecule has 0 fully saturated rings. The monoisotopic (exact) mass is 407 g/mol. The summed E-state index contributed by atoms with van der Waals surface area (Å²) in [7, 11) is 1.74. The van der Waals surface area contributed by atoms with Crippen LogP contribution in [0.15, 0.2) is 53.3 Å². The average molecular weight is 408 g/mol. The Balaban J connectivity index is 1.95. The first kappa shape index (κ1) is 21.6. The zero-order valence-corrected chi connectivity index (χ0v) is 17.9. The van der Waals surface area contributed by atoms with Crippen LogP contribution >= 0.6 is 0 Å². The molecule has 0 atom stereocenters. The molecule has 1 aromatic heterocycles. The maximum Gasteiger partial charge on any atom is 0.274 e. The van der Waals surface area contributed by atoms with Crippen LogP contribution in [0, 0.1) is 0 Å². The molecule has 6 nitrogen and oxygen atoms in total. The van der Waals surface area contributed by atoms with Crippen molar-refractivity contribution >= 4 is 16.7 Å². The maximum absolute atomic E-state index is 13.3. The van der Waals surface area contributed by atoms with Crippen molar-refractivity contribution in [3.63, 3.8) is 0 Å². The number of rotatable bonds is 9. The van der Waals surface area contributed by atoms with E-state index in [1.807, 2.05) is 43.3 Å². The van der Waals surface area contributed by atoms with Gasteiger partial charge >= 0.3 is 0 Å². The molecular weight excluding hydrogens is 378 g/mol. The van der Waals surface area contributed by atoms with Crippen LogP contribution in [0.3, 0.4) is 0 Å². The molecule has 6 heteroatoms. The summed E-state index contributed by atoms with van der Waals surface area (Å²) < 4.78 is 7.12. The van der Waals surface area contributed by atoms with Crippen LogP contribution in [0.1, 0.15) is 49.2 Å². The van der Waals surface area contributed by atoms with Crippen LogP contribution in [0.5, 0.6) is 5.75 Å². The first-order chi connectivity index (χ1) is 14.6. The summed E-state index contributed by atoms with van der Waals surface area (Å²) in [6.07, 6.45) is 2.92. The molecule has 0 unspecified atom stereocenters. The Morgan fingerprint density at radius 1 is 1.03 bits per heavy atom. The fourth-order valence-electron chi connectivity index (χ4n) is 3.50. The lowest BCUT2D eigenvalue weighted by Gasteiger charge is -2.20. The van der Waals surface area contributed by atoms with Crippen LogP contribution in [-0.4, -0.2) is 34.2 Å². The van der Waals surface area contributed by atoms with Crippen molar-refractivity contribution < 1.29 is 9.53 Å². The molecule has 0 aliphatic rings. The summed E-state index contributed by atoms with van der Waals surface area (Å²) in [6.45, 7) is 5.50. The Bertz CT molecular complexity index is 1070. The van der Waals surface area contributed by atoms with Gasteiger partial charge in [0.15, 0.2) is 5.69 Å². The second kappa shape index (κ2) is 10.1. The minimum absolute atomic E-state index is 0.150. The number of hydrogen-bond donors (Lipinski definition) is 0. The van der Waals surface area contributed by atoms with Crippen LogP contribution in [0.2, 0.25) is 0 Å². The van der Waals surface area contributed by atoms with E-state index in [4.69, 9.17) is 4.74 Å². The SMILES string of the molecule is CCCCCn1nc(C(=O)N(C)Cc2ccccc2OCC)c2ccccc2c1=O. The van der Waals surface area contributed by atoms with Gasteiger partial charge in [-0.3, -0.25) is 9.59 Å². The van der Waals surface area contributed by atoms with Gasteiger partial charge in [-0.15, -0.1) is 0 Å². The first-order valence-electron chi connectivity index (χ1n) is 10.5.